The number of pyridine rings is 2. The van der Waals surface area contributed by atoms with Gasteiger partial charge in [-0.2, -0.15) is 0 Å². The molecule has 0 N–H and O–H groups in total. The second-order valence-electron chi connectivity index (χ2n) is 12.6. The predicted molar refractivity (Wildman–Crippen MR) is 215 cm³/mol. The molecule has 0 radical (unpaired) electrons. The van der Waals surface area contributed by atoms with Gasteiger partial charge in [-0.3, -0.25) is 9.97 Å². The first-order chi connectivity index (χ1) is 24.8. The van der Waals surface area contributed by atoms with Gasteiger partial charge in [-0.05, 0) is 80.9 Å². The molecule has 10 rings (SSSR count). The van der Waals surface area contributed by atoms with Crippen molar-refractivity contribution in [2.45, 2.75) is 0 Å². The molecule has 10 aromatic rings. The van der Waals surface area contributed by atoms with E-state index in [4.69, 9.17) is 9.97 Å². The van der Waals surface area contributed by atoms with Gasteiger partial charge in [-0.15, -0.1) is 22.7 Å². The van der Waals surface area contributed by atoms with Gasteiger partial charge in [0, 0.05) is 52.7 Å². The zero-order valence-corrected chi connectivity index (χ0v) is 28.5. The van der Waals surface area contributed by atoms with E-state index < -0.39 is 0 Å². The molecule has 6 aromatic carbocycles. The Kier molecular flexibility index (Phi) is 6.90. The lowest BCUT2D eigenvalue weighted by atomic mass is 9.98. The molecule has 0 fully saturated rings. The predicted octanol–water partition coefficient (Wildman–Crippen LogP) is 13.5. The average molecular weight is 673 g/mol. The van der Waals surface area contributed by atoms with Crippen LogP contribution in [-0.2, 0) is 0 Å². The zero-order valence-electron chi connectivity index (χ0n) is 26.9. The lowest BCUT2D eigenvalue weighted by molar-refractivity contribution is 1.25. The molecule has 0 aliphatic heterocycles. The maximum Gasteiger partial charge on any atom is 0.0892 e. The molecule has 0 unspecified atom stereocenters. The minimum atomic E-state index is 0.858. The van der Waals surface area contributed by atoms with Gasteiger partial charge in [0.25, 0.3) is 0 Å². The summed E-state index contributed by atoms with van der Waals surface area (Å²) in [7, 11) is 0. The largest absolute Gasteiger partial charge is 0.255 e. The molecule has 0 amide bonds. The summed E-state index contributed by atoms with van der Waals surface area (Å²) in [5, 5.41) is 5.29. The van der Waals surface area contributed by atoms with E-state index in [1.165, 1.54) is 62.6 Å². The molecule has 0 atom stereocenters. The zero-order chi connectivity index (χ0) is 33.0. The lowest BCUT2D eigenvalue weighted by Gasteiger charge is -2.09. The van der Waals surface area contributed by atoms with E-state index in [2.05, 4.69) is 158 Å². The quantitative estimate of drug-likeness (QED) is 0.182. The molecule has 234 valence electrons. The third-order valence-electron chi connectivity index (χ3n) is 9.65. The summed E-state index contributed by atoms with van der Waals surface area (Å²) < 4.78 is 5.32. The van der Waals surface area contributed by atoms with Crippen LogP contribution in [0.3, 0.4) is 0 Å². The maximum atomic E-state index is 4.73. The summed E-state index contributed by atoms with van der Waals surface area (Å²) in [5.74, 6) is 0. The van der Waals surface area contributed by atoms with Gasteiger partial charge < -0.3 is 0 Å². The first-order valence-corrected chi connectivity index (χ1v) is 18.3. The van der Waals surface area contributed by atoms with Crippen molar-refractivity contribution in [3.63, 3.8) is 0 Å². The Labute approximate surface area is 297 Å². The first kappa shape index (κ1) is 29.0. The maximum absolute atomic E-state index is 4.73. The van der Waals surface area contributed by atoms with Crippen LogP contribution in [0.15, 0.2) is 170 Å². The number of hydrogen-bond acceptors (Lipinski definition) is 4. The minimum Gasteiger partial charge on any atom is -0.255 e. The monoisotopic (exact) mass is 672 g/mol. The Morgan fingerprint density at radius 2 is 0.720 bits per heavy atom. The molecule has 50 heavy (non-hydrogen) atoms. The van der Waals surface area contributed by atoms with E-state index in [0.717, 1.165) is 33.6 Å². The van der Waals surface area contributed by atoms with E-state index in [0.29, 0.717) is 0 Å². The summed E-state index contributed by atoms with van der Waals surface area (Å²) >= 11 is 3.74. The third kappa shape index (κ3) is 4.92. The van der Waals surface area contributed by atoms with Crippen molar-refractivity contribution in [2.24, 2.45) is 0 Å². The Morgan fingerprint density at radius 3 is 1.18 bits per heavy atom. The van der Waals surface area contributed by atoms with Gasteiger partial charge in [0.1, 0.15) is 0 Å². The number of hydrogen-bond donors (Lipinski definition) is 0. The van der Waals surface area contributed by atoms with E-state index in [-0.39, 0.29) is 0 Å². The van der Waals surface area contributed by atoms with Crippen LogP contribution in [0.4, 0.5) is 0 Å². The van der Waals surface area contributed by atoms with E-state index in [1.807, 2.05) is 35.1 Å². The molecule has 0 saturated carbocycles. The van der Waals surface area contributed by atoms with Crippen LogP contribution in [0.2, 0.25) is 0 Å². The van der Waals surface area contributed by atoms with Crippen LogP contribution in [0.5, 0.6) is 0 Å². The lowest BCUT2D eigenvalue weighted by Crippen LogP contribution is -1.90. The molecule has 0 spiro atoms. The van der Waals surface area contributed by atoms with E-state index in [9.17, 15) is 0 Å². The van der Waals surface area contributed by atoms with Gasteiger partial charge in [0.05, 0.1) is 11.4 Å². The molecule has 4 aromatic heterocycles. The van der Waals surface area contributed by atoms with Crippen molar-refractivity contribution >= 4 is 63.0 Å². The van der Waals surface area contributed by atoms with Gasteiger partial charge in [-0.25, -0.2) is 0 Å². The fourth-order valence-electron chi connectivity index (χ4n) is 7.13. The molecular weight excluding hydrogens is 645 g/mol. The van der Waals surface area contributed by atoms with Crippen LogP contribution in [-0.4, -0.2) is 9.97 Å². The van der Waals surface area contributed by atoms with Gasteiger partial charge in [-0.1, -0.05) is 121 Å². The van der Waals surface area contributed by atoms with Crippen molar-refractivity contribution in [1.29, 1.82) is 0 Å². The summed E-state index contributed by atoms with van der Waals surface area (Å²) in [6.45, 7) is 0. The highest BCUT2D eigenvalue weighted by Crippen LogP contribution is 2.42. The van der Waals surface area contributed by atoms with Gasteiger partial charge >= 0.3 is 0 Å². The second kappa shape index (κ2) is 11.9. The minimum absolute atomic E-state index is 0.858. The molecule has 0 aliphatic rings. The highest BCUT2D eigenvalue weighted by Gasteiger charge is 2.13. The SMILES string of the molecule is c1ccc2c(c1)sc1c(-c3ccc(-c4ccnc(-c5cc(-c6ccc(-c7cccc8c7sc7ccccc78)cc6)ccn5)c4)cc3)cccc12. The normalized spacial score (nSPS) is 11.6. The van der Waals surface area contributed by atoms with Crippen molar-refractivity contribution < 1.29 is 0 Å². The topological polar surface area (TPSA) is 25.8 Å². The van der Waals surface area contributed by atoms with E-state index in [1.54, 1.807) is 0 Å². The Morgan fingerprint density at radius 1 is 0.320 bits per heavy atom. The van der Waals surface area contributed by atoms with Crippen molar-refractivity contribution in [1.82, 2.24) is 9.97 Å². The second-order valence-corrected chi connectivity index (χ2v) is 14.7. The van der Waals surface area contributed by atoms with Crippen LogP contribution in [0.25, 0.3) is 96.2 Å². The molecule has 0 saturated heterocycles. The number of thiophene rings is 2. The smallest absolute Gasteiger partial charge is 0.0892 e. The Bertz CT molecular complexity index is 2660. The highest BCUT2D eigenvalue weighted by atomic mass is 32.1. The molecule has 0 aliphatic carbocycles. The van der Waals surface area contributed by atoms with Crippen molar-refractivity contribution in [3.05, 3.63) is 170 Å². The van der Waals surface area contributed by atoms with E-state index >= 15 is 0 Å². The van der Waals surface area contributed by atoms with Crippen LogP contribution < -0.4 is 0 Å². The summed E-state index contributed by atoms with van der Waals surface area (Å²) in [5.41, 5.74) is 11.3. The number of rotatable bonds is 5. The number of benzene rings is 6. The highest BCUT2D eigenvalue weighted by molar-refractivity contribution is 7.26. The molecule has 2 nitrogen and oxygen atoms in total. The summed E-state index contributed by atoms with van der Waals surface area (Å²) in [6, 6.07) is 56.8. The molecular formula is C46H28N2S2. The summed E-state index contributed by atoms with van der Waals surface area (Å²) in [6.07, 6.45) is 3.77. The van der Waals surface area contributed by atoms with Crippen molar-refractivity contribution in [3.8, 4) is 55.9 Å². The summed E-state index contributed by atoms with van der Waals surface area (Å²) in [4.78, 5) is 9.46. The Hall–Kier alpha value is -5.94. The fraction of sp³-hybridized carbons (Fsp3) is 0. The Balaban J connectivity index is 0.935. The fourth-order valence-corrected chi connectivity index (χ4v) is 9.61. The first-order valence-electron chi connectivity index (χ1n) is 16.7. The van der Waals surface area contributed by atoms with Gasteiger partial charge in [0.2, 0.25) is 0 Å². The van der Waals surface area contributed by atoms with Crippen molar-refractivity contribution in [2.75, 3.05) is 0 Å². The standard InChI is InChI=1S/C46H28N2S2/c1-3-13-43-37(7-1)39-11-5-9-35(45(39)49-43)31-19-15-29(16-20-31)33-23-25-47-41(27-33)42-28-34(24-26-48-42)30-17-21-32(22-18-30)36-10-6-12-40-38-8-2-4-14-44(38)50-46(36)40/h1-28H. The molecule has 4 heterocycles. The molecule has 0 bridgehead atoms. The molecule has 4 heteroatoms. The third-order valence-corrected chi connectivity index (χ3v) is 12.1. The number of nitrogens with zero attached hydrogens (tertiary/aromatic N) is 2. The van der Waals surface area contributed by atoms with Gasteiger partial charge in [0.15, 0.2) is 0 Å². The number of fused-ring (bicyclic) bond motifs is 6. The number of aromatic nitrogens is 2. The van der Waals surface area contributed by atoms with Crippen LogP contribution >= 0.6 is 22.7 Å². The van der Waals surface area contributed by atoms with Crippen LogP contribution in [0.1, 0.15) is 0 Å². The average Bonchev–Trinajstić information content (AvgIpc) is 3.77. The van der Waals surface area contributed by atoms with Crippen LogP contribution in [0, 0.1) is 0 Å².